The molecule has 1 aliphatic carbocycles. The molecule has 2 heterocycles. The summed E-state index contributed by atoms with van der Waals surface area (Å²) in [4.78, 5) is 40.2. The van der Waals surface area contributed by atoms with Crippen molar-refractivity contribution in [1.82, 2.24) is 24.8 Å². The van der Waals surface area contributed by atoms with Gasteiger partial charge in [-0.15, -0.1) is 0 Å². The van der Waals surface area contributed by atoms with Gasteiger partial charge >= 0.3 is 0 Å². The van der Waals surface area contributed by atoms with Gasteiger partial charge in [0.05, 0.1) is 5.16 Å². The second-order valence-corrected chi connectivity index (χ2v) is 10.4. The molecule has 10 heteroatoms. The number of unbranched alkanes of at least 4 members (excludes halogenated alkanes) is 4. The van der Waals surface area contributed by atoms with E-state index in [1.54, 1.807) is 37.3 Å². The highest BCUT2D eigenvalue weighted by Crippen LogP contribution is 2.35. The molecular formula is C29H37N7O2S. The van der Waals surface area contributed by atoms with Gasteiger partial charge in [0.25, 0.3) is 11.8 Å². The van der Waals surface area contributed by atoms with Crippen molar-refractivity contribution >= 4 is 51.9 Å². The number of hydrogen-bond acceptors (Lipinski definition) is 7. The molecule has 0 bridgehead atoms. The van der Waals surface area contributed by atoms with Crippen LogP contribution in [-0.4, -0.2) is 63.6 Å². The molecule has 206 valence electrons. The number of isothiocyanates is 1. The summed E-state index contributed by atoms with van der Waals surface area (Å²) in [5.41, 5.74) is 2.81. The smallest absolute Gasteiger partial charge is 0.270 e. The van der Waals surface area contributed by atoms with E-state index < -0.39 is 0 Å². The van der Waals surface area contributed by atoms with Crippen LogP contribution in [0.25, 0.3) is 11.0 Å². The minimum Gasteiger partial charge on any atom is -0.352 e. The lowest BCUT2D eigenvalue weighted by atomic mass is 10.1. The molecule has 1 fully saturated rings. The quantitative estimate of drug-likeness (QED) is 0.160. The van der Waals surface area contributed by atoms with Gasteiger partial charge in [-0.3, -0.25) is 9.59 Å². The highest BCUT2D eigenvalue weighted by Gasteiger charge is 2.26. The number of nitrogens with zero attached hydrogens (tertiary/aromatic N) is 5. The number of benzene rings is 1. The van der Waals surface area contributed by atoms with Crippen molar-refractivity contribution in [2.75, 3.05) is 32.5 Å². The number of thiocarbonyl (C=S) groups is 1. The van der Waals surface area contributed by atoms with Gasteiger partial charge in [0, 0.05) is 56.1 Å². The number of nitrogens with one attached hydrogen (secondary N) is 2. The van der Waals surface area contributed by atoms with Crippen LogP contribution in [-0.2, 0) is 0 Å². The topological polar surface area (TPSA) is 105 Å². The van der Waals surface area contributed by atoms with E-state index in [0.717, 1.165) is 81.1 Å². The third kappa shape index (κ3) is 7.49. The standard InChI is InChI=1S/C29H37N7O2S/c1-35(2)28(38)25-18-22-19-32-29(34-26(22)36(25)24-10-6-7-11-24)33-23-14-12-21(13-15-23)27(37)31-17-9-5-3-4-8-16-30-20-39/h12-15,18-19,24H,3-11,16-17H2,1-2H3,(H,31,37)(H,32,33,34). The molecular weight excluding hydrogens is 510 g/mol. The first-order valence-electron chi connectivity index (χ1n) is 13.8. The van der Waals surface area contributed by atoms with Gasteiger partial charge in [0.15, 0.2) is 0 Å². The lowest BCUT2D eigenvalue weighted by Crippen LogP contribution is -2.25. The van der Waals surface area contributed by atoms with E-state index in [2.05, 4.69) is 42.6 Å². The maximum Gasteiger partial charge on any atom is 0.270 e. The van der Waals surface area contributed by atoms with Crippen LogP contribution in [0.1, 0.15) is 84.7 Å². The van der Waals surface area contributed by atoms with Gasteiger partial charge < -0.3 is 20.1 Å². The number of carbonyl (C=O) groups is 2. The third-order valence-electron chi connectivity index (χ3n) is 7.09. The normalized spacial score (nSPS) is 13.3. The Morgan fingerprint density at radius 1 is 1.10 bits per heavy atom. The van der Waals surface area contributed by atoms with Gasteiger partial charge in [-0.2, -0.15) is 4.98 Å². The minimum absolute atomic E-state index is 0.0311. The Labute approximate surface area is 235 Å². The Balaban J connectivity index is 1.35. The number of aliphatic imine (C=N–C) groups is 1. The molecule has 1 saturated carbocycles. The summed E-state index contributed by atoms with van der Waals surface area (Å²) >= 11 is 4.56. The molecule has 0 aliphatic heterocycles. The van der Waals surface area contributed by atoms with Crippen LogP contribution in [0.15, 0.2) is 41.5 Å². The zero-order valence-corrected chi connectivity index (χ0v) is 23.6. The largest absolute Gasteiger partial charge is 0.352 e. The fourth-order valence-electron chi connectivity index (χ4n) is 5.02. The van der Waals surface area contributed by atoms with Crippen molar-refractivity contribution in [3.8, 4) is 0 Å². The summed E-state index contributed by atoms with van der Waals surface area (Å²) in [5.74, 6) is 0.341. The SMILES string of the molecule is CN(C)C(=O)c1cc2cnc(Nc3ccc(C(=O)NCCCCCCCN=C=S)cc3)nc2n1C1CCCC1. The fraction of sp³-hybridized carbons (Fsp3) is 0.483. The molecule has 4 rings (SSSR count). The number of fused-ring (bicyclic) bond motifs is 1. The number of anilines is 2. The second-order valence-electron chi connectivity index (χ2n) is 10.2. The van der Waals surface area contributed by atoms with Crippen LogP contribution in [0, 0.1) is 0 Å². The van der Waals surface area contributed by atoms with Gasteiger partial charge in [-0.1, -0.05) is 32.1 Å². The molecule has 0 atom stereocenters. The van der Waals surface area contributed by atoms with E-state index in [1.165, 1.54) is 0 Å². The number of aromatic nitrogens is 3. The molecule has 0 saturated heterocycles. The first-order valence-corrected chi connectivity index (χ1v) is 14.2. The first-order chi connectivity index (χ1) is 19.0. The van der Waals surface area contributed by atoms with Gasteiger partial charge in [-0.25, -0.2) is 9.98 Å². The highest BCUT2D eigenvalue weighted by atomic mass is 32.1. The van der Waals surface area contributed by atoms with Crippen molar-refractivity contribution in [3.05, 3.63) is 47.8 Å². The molecule has 2 aromatic heterocycles. The van der Waals surface area contributed by atoms with Crippen molar-refractivity contribution in [2.45, 2.75) is 63.8 Å². The van der Waals surface area contributed by atoms with Crippen molar-refractivity contribution < 1.29 is 9.59 Å². The van der Waals surface area contributed by atoms with Crippen LogP contribution >= 0.6 is 12.2 Å². The van der Waals surface area contributed by atoms with E-state index in [4.69, 9.17) is 4.98 Å². The second kappa shape index (κ2) is 14.0. The first kappa shape index (κ1) is 28.4. The number of hydrogen-bond donors (Lipinski definition) is 2. The molecule has 2 N–H and O–H groups in total. The molecule has 1 aromatic carbocycles. The molecule has 0 unspecified atom stereocenters. The van der Waals surface area contributed by atoms with E-state index in [0.29, 0.717) is 23.8 Å². The average molecular weight is 548 g/mol. The van der Waals surface area contributed by atoms with Crippen molar-refractivity contribution in [3.63, 3.8) is 0 Å². The summed E-state index contributed by atoms with van der Waals surface area (Å²) < 4.78 is 2.10. The van der Waals surface area contributed by atoms with Crippen LogP contribution in [0.2, 0.25) is 0 Å². The zero-order valence-electron chi connectivity index (χ0n) is 22.8. The van der Waals surface area contributed by atoms with Crippen molar-refractivity contribution in [2.24, 2.45) is 4.99 Å². The van der Waals surface area contributed by atoms with Gasteiger partial charge in [0.1, 0.15) is 11.3 Å². The van der Waals surface area contributed by atoms with Gasteiger partial charge in [0.2, 0.25) is 5.95 Å². The highest BCUT2D eigenvalue weighted by molar-refractivity contribution is 7.78. The lowest BCUT2D eigenvalue weighted by Gasteiger charge is -2.19. The van der Waals surface area contributed by atoms with Crippen LogP contribution in [0.4, 0.5) is 11.6 Å². The maximum absolute atomic E-state index is 12.9. The van der Waals surface area contributed by atoms with Crippen LogP contribution < -0.4 is 10.6 Å². The number of amides is 2. The maximum atomic E-state index is 12.9. The van der Waals surface area contributed by atoms with Gasteiger partial charge in [-0.05, 0) is 68.2 Å². The number of carbonyl (C=O) groups excluding carboxylic acids is 2. The molecule has 0 radical (unpaired) electrons. The Kier molecular flexibility index (Phi) is 10.2. The predicted octanol–water partition coefficient (Wildman–Crippen LogP) is 5.77. The Morgan fingerprint density at radius 3 is 2.54 bits per heavy atom. The summed E-state index contributed by atoms with van der Waals surface area (Å²) in [6.45, 7) is 1.41. The van der Waals surface area contributed by atoms with Crippen molar-refractivity contribution in [1.29, 1.82) is 0 Å². The fourth-order valence-corrected chi connectivity index (χ4v) is 5.12. The Morgan fingerprint density at radius 2 is 1.82 bits per heavy atom. The molecule has 9 nitrogen and oxygen atoms in total. The van der Waals surface area contributed by atoms with E-state index in [-0.39, 0.29) is 17.9 Å². The monoisotopic (exact) mass is 547 g/mol. The third-order valence-corrected chi connectivity index (χ3v) is 7.22. The Hall–Kier alpha value is -3.62. The molecule has 0 spiro atoms. The van der Waals surface area contributed by atoms with E-state index in [1.807, 2.05) is 18.2 Å². The van der Waals surface area contributed by atoms with Crippen LogP contribution in [0.5, 0.6) is 0 Å². The van der Waals surface area contributed by atoms with Crippen LogP contribution in [0.3, 0.4) is 0 Å². The minimum atomic E-state index is -0.0815. The lowest BCUT2D eigenvalue weighted by molar-refractivity contribution is 0.0815. The molecule has 39 heavy (non-hydrogen) atoms. The molecule has 3 aromatic rings. The summed E-state index contributed by atoms with van der Waals surface area (Å²) in [6.07, 6.45) is 11.4. The summed E-state index contributed by atoms with van der Waals surface area (Å²) in [6, 6.07) is 9.44. The summed E-state index contributed by atoms with van der Waals surface area (Å²) in [7, 11) is 3.54. The van der Waals surface area contributed by atoms with E-state index >= 15 is 0 Å². The molecule has 2 amide bonds. The Bertz CT molecular complexity index is 1320. The average Bonchev–Trinajstić information content (AvgIpc) is 3.59. The van der Waals surface area contributed by atoms with E-state index in [9.17, 15) is 9.59 Å². The predicted molar refractivity (Wildman–Crippen MR) is 158 cm³/mol. The molecule has 1 aliphatic rings. The number of rotatable bonds is 13. The zero-order chi connectivity index (χ0) is 27.6. The summed E-state index contributed by atoms with van der Waals surface area (Å²) in [5, 5.41) is 9.48.